The summed E-state index contributed by atoms with van der Waals surface area (Å²) in [6.45, 7) is 0.247. The van der Waals surface area contributed by atoms with Gasteiger partial charge in [-0.05, 0) is 32.1 Å². The third-order valence-corrected chi connectivity index (χ3v) is 5.02. The van der Waals surface area contributed by atoms with E-state index in [9.17, 15) is 5.11 Å². The van der Waals surface area contributed by atoms with Gasteiger partial charge in [0, 0.05) is 16.8 Å². The molecule has 6 heteroatoms. The normalized spacial score (nSPS) is 32.6. The molecule has 2 atom stereocenters. The Morgan fingerprint density at radius 2 is 2.39 bits per heavy atom. The number of aliphatic hydroxyl groups is 1. The first kappa shape index (κ1) is 12.4. The number of hydrogen-bond acceptors (Lipinski definition) is 5. The van der Waals surface area contributed by atoms with Gasteiger partial charge in [0.2, 0.25) is 0 Å². The Hall–Kier alpha value is -0.590. The summed E-state index contributed by atoms with van der Waals surface area (Å²) in [5.41, 5.74) is -0.0584. The van der Waals surface area contributed by atoms with Gasteiger partial charge in [-0.1, -0.05) is 18.2 Å². The molecule has 2 fully saturated rings. The van der Waals surface area contributed by atoms with E-state index in [1.807, 2.05) is 0 Å². The van der Waals surface area contributed by atoms with Crippen molar-refractivity contribution in [2.24, 2.45) is 0 Å². The molecule has 5 nitrogen and oxygen atoms in total. The van der Waals surface area contributed by atoms with E-state index in [0.29, 0.717) is 11.3 Å². The molecule has 1 heterocycles. The van der Waals surface area contributed by atoms with Gasteiger partial charge in [0.15, 0.2) is 5.16 Å². The maximum absolute atomic E-state index is 9.75. The van der Waals surface area contributed by atoms with Crippen molar-refractivity contribution >= 4 is 11.8 Å². The van der Waals surface area contributed by atoms with Crippen LogP contribution in [0.1, 0.15) is 38.5 Å². The van der Waals surface area contributed by atoms with Gasteiger partial charge in [-0.2, -0.15) is 5.10 Å². The Morgan fingerprint density at radius 3 is 3.06 bits per heavy atom. The quantitative estimate of drug-likeness (QED) is 0.751. The topological polar surface area (TPSA) is 73.8 Å². The van der Waals surface area contributed by atoms with E-state index in [4.69, 9.17) is 0 Å². The van der Waals surface area contributed by atoms with Crippen LogP contribution in [-0.2, 0) is 0 Å². The molecule has 2 aliphatic rings. The number of nitrogens with one attached hydrogen (secondary N) is 2. The predicted molar refractivity (Wildman–Crippen MR) is 70.5 cm³/mol. The van der Waals surface area contributed by atoms with Crippen molar-refractivity contribution in [2.45, 2.75) is 60.5 Å². The largest absolute Gasteiger partial charge is 0.394 e. The lowest BCUT2D eigenvalue weighted by Gasteiger charge is -2.40. The van der Waals surface area contributed by atoms with Gasteiger partial charge in [-0.3, -0.25) is 5.10 Å². The summed E-state index contributed by atoms with van der Waals surface area (Å²) in [7, 11) is 0. The van der Waals surface area contributed by atoms with Crippen molar-refractivity contribution in [3.63, 3.8) is 0 Å². The molecule has 0 amide bonds. The van der Waals surface area contributed by atoms with Gasteiger partial charge in [-0.25, -0.2) is 4.98 Å². The molecule has 100 valence electrons. The predicted octanol–water partition coefficient (Wildman–Crippen LogP) is 1.32. The van der Waals surface area contributed by atoms with Gasteiger partial charge in [0.1, 0.15) is 6.33 Å². The molecule has 2 saturated carbocycles. The lowest BCUT2D eigenvalue weighted by molar-refractivity contribution is 0.122. The van der Waals surface area contributed by atoms with E-state index in [-0.39, 0.29) is 12.1 Å². The Bertz CT molecular complexity index is 381. The summed E-state index contributed by atoms with van der Waals surface area (Å²) < 4.78 is 0. The molecule has 0 radical (unpaired) electrons. The Kier molecular flexibility index (Phi) is 3.59. The maximum Gasteiger partial charge on any atom is 0.183 e. The number of hydrogen-bond donors (Lipinski definition) is 3. The van der Waals surface area contributed by atoms with E-state index in [2.05, 4.69) is 20.5 Å². The van der Waals surface area contributed by atoms with Gasteiger partial charge < -0.3 is 10.4 Å². The van der Waals surface area contributed by atoms with Crippen molar-refractivity contribution in [3.05, 3.63) is 6.33 Å². The highest BCUT2D eigenvalue weighted by Crippen LogP contribution is 2.38. The van der Waals surface area contributed by atoms with Crippen molar-refractivity contribution in [1.82, 2.24) is 20.5 Å². The molecule has 2 unspecified atom stereocenters. The number of aliphatic hydroxyl groups excluding tert-OH is 1. The highest BCUT2D eigenvalue weighted by atomic mass is 32.2. The van der Waals surface area contributed by atoms with Gasteiger partial charge in [-0.15, -0.1) is 0 Å². The van der Waals surface area contributed by atoms with E-state index >= 15 is 0 Å². The summed E-state index contributed by atoms with van der Waals surface area (Å²) in [6, 6.07) is 0.645. The second kappa shape index (κ2) is 5.19. The van der Waals surface area contributed by atoms with Crippen LogP contribution in [0.2, 0.25) is 0 Å². The molecule has 0 aromatic carbocycles. The van der Waals surface area contributed by atoms with Crippen LogP contribution >= 0.6 is 11.8 Å². The third kappa shape index (κ3) is 2.87. The van der Waals surface area contributed by atoms with E-state index in [1.54, 1.807) is 18.1 Å². The zero-order valence-corrected chi connectivity index (χ0v) is 11.2. The first-order chi connectivity index (χ1) is 8.80. The molecule has 3 rings (SSSR count). The Balaban J connectivity index is 1.62. The van der Waals surface area contributed by atoms with E-state index < -0.39 is 0 Å². The summed E-state index contributed by atoms with van der Waals surface area (Å²) in [6.07, 6.45) is 8.56. The molecular formula is C12H20N4OS. The second-order valence-corrected chi connectivity index (χ2v) is 6.77. The maximum atomic E-state index is 9.75. The SMILES string of the molecule is OCC1(NC2CC2)CCCC(Sc2ncn[nH]2)C1. The fourth-order valence-corrected chi connectivity index (χ4v) is 4.01. The number of nitrogens with zero attached hydrogens (tertiary/aromatic N) is 2. The van der Waals surface area contributed by atoms with Crippen LogP contribution in [-0.4, -0.2) is 43.7 Å². The fraction of sp³-hybridized carbons (Fsp3) is 0.833. The summed E-state index contributed by atoms with van der Waals surface area (Å²) in [4.78, 5) is 4.17. The average molecular weight is 268 g/mol. The van der Waals surface area contributed by atoms with Crippen molar-refractivity contribution < 1.29 is 5.11 Å². The summed E-state index contributed by atoms with van der Waals surface area (Å²) in [5, 5.41) is 21.6. The van der Waals surface area contributed by atoms with Crippen molar-refractivity contribution in [1.29, 1.82) is 0 Å². The monoisotopic (exact) mass is 268 g/mol. The minimum absolute atomic E-state index is 0.0584. The highest BCUT2D eigenvalue weighted by molar-refractivity contribution is 7.99. The number of H-pyrrole nitrogens is 1. The first-order valence-corrected chi connectivity index (χ1v) is 7.58. The van der Waals surface area contributed by atoms with Gasteiger partial charge >= 0.3 is 0 Å². The van der Waals surface area contributed by atoms with E-state index in [0.717, 1.165) is 18.0 Å². The number of aromatic amines is 1. The first-order valence-electron chi connectivity index (χ1n) is 6.70. The number of aromatic nitrogens is 3. The van der Waals surface area contributed by atoms with Crippen molar-refractivity contribution in [2.75, 3.05) is 6.61 Å². The molecule has 0 aliphatic heterocycles. The van der Waals surface area contributed by atoms with E-state index in [1.165, 1.54) is 25.7 Å². The Labute approximate surface area is 111 Å². The lowest BCUT2D eigenvalue weighted by Crippen LogP contribution is -2.53. The van der Waals surface area contributed by atoms with Crippen LogP contribution < -0.4 is 5.32 Å². The highest BCUT2D eigenvalue weighted by Gasteiger charge is 2.40. The molecule has 0 spiro atoms. The zero-order chi connectivity index (χ0) is 12.4. The molecule has 1 aromatic heterocycles. The van der Waals surface area contributed by atoms with Crippen LogP contribution in [0.4, 0.5) is 0 Å². The molecule has 0 bridgehead atoms. The zero-order valence-electron chi connectivity index (χ0n) is 10.4. The van der Waals surface area contributed by atoms with Crippen LogP contribution in [0.3, 0.4) is 0 Å². The lowest BCUT2D eigenvalue weighted by atomic mass is 9.82. The van der Waals surface area contributed by atoms with Crippen LogP contribution in [0.5, 0.6) is 0 Å². The molecule has 18 heavy (non-hydrogen) atoms. The van der Waals surface area contributed by atoms with Gasteiger partial charge in [0.05, 0.1) is 6.61 Å². The van der Waals surface area contributed by atoms with Gasteiger partial charge in [0.25, 0.3) is 0 Å². The van der Waals surface area contributed by atoms with Crippen LogP contribution in [0, 0.1) is 0 Å². The van der Waals surface area contributed by atoms with Crippen LogP contribution in [0.15, 0.2) is 11.5 Å². The summed E-state index contributed by atoms with van der Waals surface area (Å²) in [5.74, 6) is 0. The molecule has 1 aromatic rings. The second-order valence-electron chi connectivity index (χ2n) is 5.48. The molecule has 0 saturated heterocycles. The minimum Gasteiger partial charge on any atom is -0.394 e. The number of thioether (sulfide) groups is 1. The number of rotatable bonds is 5. The third-order valence-electron chi connectivity index (χ3n) is 3.86. The fourth-order valence-electron chi connectivity index (χ4n) is 2.80. The Morgan fingerprint density at radius 1 is 1.50 bits per heavy atom. The molecule has 3 N–H and O–H groups in total. The minimum atomic E-state index is -0.0584. The smallest absolute Gasteiger partial charge is 0.183 e. The summed E-state index contributed by atoms with van der Waals surface area (Å²) >= 11 is 1.76. The van der Waals surface area contributed by atoms with Crippen LogP contribution in [0.25, 0.3) is 0 Å². The molecular weight excluding hydrogens is 248 g/mol. The average Bonchev–Trinajstić information content (AvgIpc) is 3.03. The molecule has 2 aliphatic carbocycles. The van der Waals surface area contributed by atoms with Crippen molar-refractivity contribution in [3.8, 4) is 0 Å². The standard InChI is InChI=1S/C12H20N4OS/c17-7-12(15-9-3-4-9)5-1-2-10(6-12)18-11-13-8-14-16-11/h8-10,15,17H,1-7H2,(H,13,14,16).